The highest BCUT2D eigenvalue weighted by molar-refractivity contribution is 5.75. The Kier molecular flexibility index (Phi) is 2.04. The largest absolute Gasteiger partial charge is 0.333 e. The van der Waals surface area contributed by atoms with E-state index in [1.54, 1.807) is 0 Å². The van der Waals surface area contributed by atoms with Crippen molar-refractivity contribution in [3.05, 3.63) is 0 Å². The lowest BCUT2D eigenvalue weighted by Gasteiger charge is -2.57. The van der Waals surface area contributed by atoms with Crippen molar-refractivity contribution in [2.24, 2.45) is 17.8 Å². The van der Waals surface area contributed by atoms with Crippen LogP contribution in [0.25, 0.3) is 0 Å². The third kappa shape index (κ3) is 1.58. The maximum absolute atomic E-state index is 12.1. The van der Waals surface area contributed by atoms with Crippen LogP contribution in [-0.2, 0) is 0 Å². The van der Waals surface area contributed by atoms with Crippen molar-refractivity contribution in [1.29, 1.82) is 0 Å². The molecule has 94 valence electrons. The van der Waals surface area contributed by atoms with Crippen LogP contribution >= 0.6 is 0 Å². The number of carbonyl (C=O) groups excluding carboxylic acids is 1. The molecular formula is C14H22N2O. The van der Waals surface area contributed by atoms with E-state index in [1.807, 2.05) is 4.90 Å². The minimum Gasteiger partial charge on any atom is -0.333 e. The normalized spacial score (nSPS) is 46.8. The Balaban J connectivity index is 1.50. The Bertz CT molecular complexity index is 313. The predicted octanol–water partition coefficient (Wildman–Crippen LogP) is 2.37. The highest BCUT2D eigenvalue weighted by atomic mass is 16.2. The van der Waals surface area contributed by atoms with E-state index in [2.05, 4.69) is 5.32 Å². The zero-order chi connectivity index (χ0) is 11.5. The summed E-state index contributed by atoms with van der Waals surface area (Å²) in [7, 11) is 0. The monoisotopic (exact) mass is 234 g/mol. The van der Waals surface area contributed by atoms with E-state index in [0.717, 1.165) is 30.8 Å². The summed E-state index contributed by atoms with van der Waals surface area (Å²) in [5.74, 6) is 2.74. The molecule has 0 unspecified atom stereocenters. The zero-order valence-electron chi connectivity index (χ0n) is 10.5. The second-order valence-corrected chi connectivity index (χ2v) is 6.97. The van der Waals surface area contributed by atoms with Gasteiger partial charge in [0.15, 0.2) is 0 Å². The summed E-state index contributed by atoms with van der Waals surface area (Å²) in [5, 5.41) is 3.41. The topological polar surface area (TPSA) is 32.3 Å². The molecule has 5 rings (SSSR count). The molecule has 0 radical (unpaired) electrons. The number of nitrogens with zero attached hydrogens (tertiary/aromatic N) is 1. The van der Waals surface area contributed by atoms with Crippen molar-refractivity contribution in [3.8, 4) is 0 Å². The van der Waals surface area contributed by atoms with Crippen LogP contribution in [0, 0.1) is 17.8 Å². The van der Waals surface area contributed by atoms with Crippen molar-refractivity contribution in [2.75, 3.05) is 13.1 Å². The fourth-order valence-electron chi connectivity index (χ4n) is 5.09. The van der Waals surface area contributed by atoms with E-state index in [9.17, 15) is 4.79 Å². The number of rotatable bonds is 1. The molecule has 0 spiro atoms. The van der Waals surface area contributed by atoms with Gasteiger partial charge in [-0.25, -0.2) is 4.79 Å². The first-order chi connectivity index (χ1) is 8.22. The van der Waals surface area contributed by atoms with E-state index in [-0.39, 0.29) is 11.6 Å². The molecule has 2 amide bonds. The van der Waals surface area contributed by atoms with E-state index < -0.39 is 0 Å². The summed E-state index contributed by atoms with van der Waals surface area (Å²) >= 11 is 0. The van der Waals surface area contributed by atoms with Crippen molar-refractivity contribution >= 4 is 6.03 Å². The number of hydrogen-bond donors (Lipinski definition) is 1. The number of hydrogen-bond acceptors (Lipinski definition) is 1. The molecule has 0 atom stereocenters. The zero-order valence-corrected chi connectivity index (χ0v) is 10.5. The van der Waals surface area contributed by atoms with Gasteiger partial charge in [-0.3, -0.25) is 0 Å². The molecule has 1 saturated heterocycles. The minimum absolute atomic E-state index is 0.196. The summed E-state index contributed by atoms with van der Waals surface area (Å²) < 4.78 is 0. The quantitative estimate of drug-likeness (QED) is 0.742. The third-order valence-electron chi connectivity index (χ3n) is 5.55. The van der Waals surface area contributed by atoms with Crippen LogP contribution in [0.1, 0.15) is 44.9 Å². The summed E-state index contributed by atoms with van der Waals surface area (Å²) in [5.41, 5.74) is 0.196. The molecule has 3 nitrogen and oxygen atoms in total. The van der Waals surface area contributed by atoms with E-state index in [0.29, 0.717) is 0 Å². The maximum Gasteiger partial charge on any atom is 0.317 e. The number of amides is 2. The fourth-order valence-corrected chi connectivity index (χ4v) is 5.09. The lowest BCUT2D eigenvalue weighted by molar-refractivity contribution is -0.0167. The van der Waals surface area contributed by atoms with Gasteiger partial charge >= 0.3 is 6.03 Å². The highest BCUT2D eigenvalue weighted by Crippen LogP contribution is 2.55. The van der Waals surface area contributed by atoms with Gasteiger partial charge < -0.3 is 10.2 Å². The van der Waals surface area contributed by atoms with Crippen LogP contribution in [0.2, 0.25) is 0 Å². The molecule has 0 aromatic heterocycles. The molecule has 17 heavy (non-hydrogen) atoms. The highest BCUT2D eigenvalue weighted by Gasteiger charge is 2.51. The first-order valence-corrected chi connectivity index (χ1v) is 7.30. The van der Waals surface area contributed by atoms with Crippen LogP contribution < -0.4 is 5.32 Å². The molecule has 0 aromatic carbocycles. The Morgan fingerprint density at radius 2 is 1.53 bits per heavy atom. The van der Waals surface area contributed by atoms with E-state index in [1.165, 1.54) is 44.9 Å². The van der Waals surface area contributed by atoms with Gasteiger partial charge in [-0.1, -0.05) is 0 Å². The van der Waals surface area contributed by atoms with Gasteiger partial charge in [0.05, 0.1) is 0 Å². The number of carbonyl (C=O) groups is 1. The molecule has 3 heteroatoms. The van der Waals surface area contributed by atoms with E-state index >= 15 is 0 Å². The van der Waals surface area contributed by atoms with Gasteiger partial charge in [-0.05, 0) is 62.7 Å². The van der Waals surface area contributed by atoms with Gasteiger partial charge in [0, 0.05) is 18.6 Å². The van der Waals surface area contributed by atoms with Crippen molar-refractivity contribution in [3.63, 3.8) is 0 Å². The lowest BCUT2D eigenvalue weighted by atomic mass is 9.53. The first kappa shape index (κ1) is 10.2. The lowest BCUT2D eigenvalue weighted by Crippen LogP contribution is -2.63. The molecule has 4 aliphatic carbocycles. The smallest absolute Gasteiger partial charge is 0.317 e. The van der Waals surface area contributed by atoms with Gasteiger partial charge in [0.25, 0.3) is 0 Å². The average molecular weight is 234 g/mol. The third-order valence-corrected chi connectivity index (χ3v) is 5.55. The van der Waals surface area contributed by atoms with Crippen LogP contribution in [-0.4, -0.2) is 29.6 Å². The molecule has 1 heterocycles. The summed E-state index contributed by atoms with van der Waals surface area (Å²) in [6.45, 7) is 1.94. The molecule has 1 aliphatic heterocycles. The van der Waals surface area contributed by atoms with Crippen molar-refractivity contribution in [2.45, 2.75) is 50.5 Å². The first-order valence-electron chi connectivity index (χ1n) is 7.30. The Hall–Kier alpha value is -0.730. The van der Waals surface area contributed by atoms with Crippen molar-refractivity contribution in [1.82, 2.24) is 10.2 Å². The summed E-state index contributed by atoms with van der Waals surface area (Å²) in [6, 6.07) is 0.221. The molecule has 4 bridgehead atoms. The Morgan fingerprint density at radius 1 is 1.00 bits per heavy atom. The minimum atomic E-state index is 0.196. The molecule has 4 saturated carbocycles. The SMILES string of the molecule is O=C(NC12CC3CC(CC(C3)C1)C2)N1CCC1. The Labute approximate surface area is 103 Å². The van der Waals surface area contributed by atoms with Crippen LogP contribution in [0.5, 0.6) is 0 Å². The van der Waals surface area contributed by atoms with E-state index in [4.69, 9.17) is 0 Å². The number of nitrogens with one attached hydrogen (secondary N) is 1. The maximum atomic E-state index is 12.1. The predicted molar refractivity (Wildman–Crippen MR) is 65.6 cm³/mol. The second kappa shape index (κ2) is 3.39. The molecule has 5 aliphatic rings. The second-order valence-electron chi connectivity index (χ2n) is 6.97. The molecule has 1 N–H and O–H groups in total. The van der Waals surface area contributed by atoms with Crippen LogP contribution in [0.15, 0.2) is 0 Å². The molecule has 0 aromatic rings. The molecule has 5 fully saturated rings. The Morgan fingerprint density at radius 3 is 1.94 bits per heavy atom. The van der Waals surface area contributed by atoms with Gasteiger partial charge in [0.2, 0.25) is 0 Å². The summed E-state index contributed by atoms with van der Waals surface area (Å²) in [4.78, 5) is 14.1. The van der Waals surface area contributed by atoms with Gasteiger partial charge in [0.1, 0.15) is 0 Å². The van der Waals surface area contributed by atoms with Gasteiger partial charge in [-0.15, -0.1) is 0 Å². The van der Waals surface area contributed by atoms with Gasteiger partial charge in [-0.2, -0.15) is 0 Å². The van der Waals surface area contributed by atoms with Crippen molar-refractivity contribution < 1.29 is 4.79 Å². The average Bonchev–Trinajstić information content (AvgIpc) is 2.09. The number of urea groups is 1. The summed E-state index contributed by atoms with van der Waals surface area (Å²) in [6.07, 6.45) is 9.31. The molecular weight excluding hydrogens is 212 g/mol. The standard InChI is InChI=1S/C14H22N2O/c17-13(16-2-1-3-16)15-14-7-10-4-11(8-14)6-12(5-10)9-14/h10-12H,1-9H2,(H,15,17). The van der Waals surface area contributed by atoms with Crippen LogP contribution in [0.3, 0.4) is 0 Å². The van der Waals surface area contributed by atoms with Crippen LogP contribution in [0.4, 0.5) is 4.79 Å². The number of likely N-dealkylation sites (tertiary alicyclic amines) is 1. The fraction of sp³-hybridized carbons (Fsp3) is 0.929.